The van der Waals surface area contributed by atoms with Crippen LogP contribution in [0, 0.1) is 0 Å². The van der Waals surface area contributed by atoms with Gasteiger partial charge in [0.1, 0.15) is 0 Å². The van der Waals surface area contributed by atoms with Crippen LogP contribution in [-0.4, -0.2) is 10.2 Å². The highest BCUT2D eigenvalue weighted by Gasteiger charge is 2.30. The van der Waals surface area contributed by atoms with Crippen LogP contribution in [0.15, 0.2) is 91.0 Å². The highest BCUT2D eigenvalue weighted by Crippen LogP contribution is 2.40. The van der Waals surface area contributed by atoms with Gasteiger partial charge in [-0.1, -0.05) is 91.0 Å². The van der Waals surface area contributed by atoms with Crippen molar-refractivity contribution in [2.24, 2.45) is 0 Å². The molecule has 0 saturated carbocycles. The first kappa shape index (κ1) is 15.5. The molecule has 2 N–H and O–H groups in total. The van der Waals surface area contributed by atoms with Crippen molar-refractivity contribution in [2.75, 3.05) is 0 Å². The smallest absolute Gasteiger partial charge is 0.0886 e. The van der Waals surface area contributed by atoms with Crippen molar-refractivity contribution in [2.45, 2.75) is 18.1 Å². The van der Waals surface area contributed by atoms with Gasteiger partial charge in [0.25, 0.3) is 0 Å². The standard InChI is InChI=1S/C21H20O2/c22-20(17-12-6-2-7-13-17)19(16-10-4-1-5-11-16)21(23)18-14-8-3-9-15-18/h1-15,19-23H. The SMILES string of the molecule is OC(c1ccccc1)C(c1ccccc1)C(O)c1ccccc1. The normalized spacial score (nSPS) is 14.9. The lowest BCUT2D eigenvalue weighted by atomic mass is 9.82. The zero-order valence-electron chi connectivity index (χ0n) is 12.8. The quantitative estimate of drug-likeness (QED) is 0.740. The lowest BCUT2D eigenvalue weighted by molar-refractivity contribution is 0.0513. The van der Waals surface area contributed by atoms with E-state index in [9.17, 15) is 10.2 Å². The molecule has 3 rings (SSSR count). The Morgan fingerprint density at radius 2 is 0.739 bits per heavy atom. The Morgan fingerprint density at radius 1 is 0.435 bits per heavy atom. The van der Waals surface area contributed by atoms with Gasteiger partial charge in [0.2, 0.25) is 0 Å². The Hall–Kier alpha value is -2.42. The van der Waals surface area contributed by atoms with E-state index in [1.54, 1.807) is 0 Å². The van der Waals surface area contributed by atoms with Gasteiger partial charge >= 0.3 is 0 Å². The van der Waals surface area contributed by atoms with Crippen LogP contribution in [0.3, 0.4) is 0 Å². The molecule has 3 aromatic carbocycles. The monoisotopic (exact) mass is 304 g/mol. The predicted octanol–water partition coefficient (Wildman–Crippen LogP) is 4.24. The molecule has 0 amide bonds. The molecule has 0 heterocycles. The van der Waals surface area contributed by atoms with E-state index in [0.717, 1.165) is 16.7 Å². The predicted molar refractivity (Wildman–Crippen MR) is 92.0 cm³/mol. The van der Waals surface area contributed by atoms with Gasteiger partial charge in [0.15, 0.2) is 0 Å². The third-order valence-corrected chi connectivity index (χ3v) is 4.15. The van der Waals surface area contributed by atoms with Crippen LogP contribution in [0.2, 0.25) is 0 Å². The molecule has 0 bridgehead atoms. The third kappa shape index (κ3) is 3.50. The van der Waals surface area contributed by atoms with Gasteiger partial charge in [0, 0.05) is 5.92 Å². The van der Waals surface area contributed by atoms with Gasteiger partial charge in [-0.2, -0.15) is 0 Å². The number of rotatable bonds is 5. The summed E-state index contributed by atoms with van der Waals surface area (Å²) in [5, 5.41) is 21.8. The van der Waals surface area contributed by atoms with E-state index < -0.39 is 18.1 Å². The third-order valence-electron chi connectivity index (χ3n) is 4.15. The fourth-order valence-electron chi connectivity index (χ4n) is 2.93. The number of benzene rings is 3. The summed E-state index contributed by atoms with van der Waals surface area (Å²) in [6.45, 7) is 0. The van der Waals surface area contributed by atoms with Gasteiger partial charge < -0.3 is 10.2 Å². The second-order valence-corrected chi connectivity index (χ2v) is 5.65. The molecule has 2 nitrogen and oxygen atoms in total. The molecule has 3 aromatic rings. The Morgan fingerprint density at radius 3 is 1.09 bits per heavy atom. The first-order valence-corrected chi connectivity index (χ1v) is 7.78. The number of aliphatic hydroxyl groups is 2. The van der Waals surface area contributed by atoms with Crippen LogP contribution in [-0.2, 0) is 0 Å². The Labute approximate surface area is 136 Å². The van der Waals surface area contributed by atoms with Crippen molar-refractivity contribution in [3.8, 4) is 0 Å². The molecular weight excluding hydrogens is 284 g/mol. The van der Waals surface area contributed by atoms with Crippen LogP contribution in [0.5, 0.6) is 0 Å². The molecule has 0 aliphatic carbocycles. The van der Waals surface area contributed by atoms with E-state index in [2.05, 4.69) is 0 Å². The van der Waals surface area contributed by atoms with E-state index in [4.69, 9.17) is 0 Å². The molecule has 0 saturated heterocycles. The number of hydrogen-bond donors (Lipinski definition) is 2. The molecule has 23 heavy (non-hydrogen) atoms. The van der Waals surface area contributed by atoms with E-state index in [1.165, 1.54) is 0 Å². The summed E-state index contributed by atoms with van der Waals surface area (Å²) in [5.74, 6) is -0.430. The molecule has 0 aliphatic rings. The Balaban J connectivity index is 2.01. The van der Waals surface area contributed by atoms with E-state index in [-0.39, 0.29) is 0 Å². The van der Waals surface area contributed by atoms with E-state index >= 15 is 0 Å². The highest BCUT2D eigenvalue weighted by atomic mass is 16.3. The van der Waals surface area contributed by atoms with Gasteiger partial charge in [0.05, 0.1) is 12.2 Å². The highest BCUT2D eigenvalue weighted by molar-refractivity contribution is 5.31. The topological polar surface area (TPSA) is 40.5 Å². The van der Waals surface area contributed by atoms with Gasteiger partial charge in [-0.15, -0.1) is 0 Å². The fraction of sp³-hybridized carbons (Fsp3) is 0.143. The van der Waals surface area contributed by atoms with Crippen LogP contribution in [0.1, 0.15) is 34.8 Å². The summed E-state index contributed by atoms with van der Waals surface area (Å²) < 4.78 is 0. The second kappa shape index (κ2) is 7.23. The molecule has 2 atom stereocenters. The summed E-state index contributed by atoms with van der Waals surface area (Å²) in [7, 11) is 0. The minimum absolute atomic E-state index is 0.430. The second-order valence-electron chi connectivity index (χ2n) is 5.65. The van der Waals surface area contributed by atoms with Crippen LogP contribution in [0.25, 0.3) is 0 Å². The lowest BCUT2D eigenvalue weighted by Gasteiger charge is -2.29. The van der Waals surface area contributed by atoms with Gasteiger partial charge in [-0.05, 0) is 16.7 Å². The first-order chi connectivity index (χ1) is 11.3. The van der Waals surface area contributed by atoms with Crippen LogP contribution < -0.4 is 0 Å². The van der Waals surface area contributed by atoms with Crippen molar-refractivity contribution < 1.29 is 10.2 Å². The summed E-state index contributed by atoms with van der Waals surface area (Å²) in [6, 6.07) is 28.7. The van der Waals surface area contributed by atoms with Crippen LogP contribution in [0.4, 0.5) is 0 Å². The Kier molecular flexibility index (Phi) is 4.86. The minimum atomic E-state index is -0.784. The van der Waals surface area contributed by atoms with Crippen molar-refractivity contribution in [3.05, 3.63) is 108 Å². The van der Waals surface area contributed by atoms with E-state index in [0.29, 0.717) is 0 Å². The lowest BCUT2D eigenvalue weighted by Crippen LogP contribution is -2.19. The largest absolute Gasteiger partial charge is 0.388 e. The summed E-state index contributed by atoms with van der Waals surface area (Å²) >= 11 is 0. The molecule has 0 aromatic heterocycles. The zero-order valence-corrected chi connectivity index (χ0v) is 12.8. The average molecular weight is 304 g/mol. The van der Waals surface area contributed by atoms with Crippen molar-refractivity contribution in [1.29, 1.82) is 0 Å². The average Bonchev–Trinajstić information content (AvgIpc) is 2.64. The number of aliphatic hydroxyl groups excluding tert-OH is 2. The fourth-order valence-corrected chi connectivity index (χ4v) is 2.93. The minimum Gasteiger partial charge on any atom is -0.388 e. The molecule has 116 valence electrons. The molecule has 0 aliphatic heterocycles. The molecule has 0 spiro atoms. The molecule has 2 unspecified atom stereocenters. The summed E-state index contributed by atoms with van der Waals surface area (Å²) in [6.07, 6.45) is -1.57. The van der Waals surface area contributed by atoms with Crippen LogP contribution >= 0.6 is 0 Å². The number of hydrogen-bond acceptors (Lipinski definition) is 2. The maximum absolute atomic E-state index is 10.9. The molecular formula is C21H20O2. The summed E-state index contributed by atoms with van der Waals surface area (Å²) in [5.41, 5.74) is 2.52. The van der Waals surface area contributed by atoms with Crippen molar-refractivity contribution >= 4 is 0 Å². The van der Waals surface area contributed by atoms with Crippen molar-refractivity contribution in [3.63, 3.8) is 0 Å². The van der Waals surface area contributed by atoms with E-state index in [1.807, 2.05) is 91.0 Å². The first-order valence-electron chi connectivity index (χ1n) is 7.78. The molecule has 0 radical (unpaired) electrons. The molecule has 2 heteroatoms. The van der Waals surface area contributed by atoms with Gasteiger partial charge in [-0.3, -0.25) is 0 Å². The summed E-state index contributed by atoms with van der Waals surface area (Å²) in [4.78, 5) is 0. The maximum Gasteiger partial charge on any atom is 0.0886 e. The maximum atomic E-state index is 10.9. The Bertz CT molecular complexity index is 665. The zero-order chi connectivity index (χ0) is 16.1. The molecule has 0 fully saturated rings. The van der Waals surface area contributed by atoms with Crippen molar-refractivity contribution in [1.82, 2.24) is 0 Å². The van der Waals surface area contributed by atoms with Gasteiger partial charge in [-0.25, -0.2) is 0 Å².